The Morgan fingerprint density at radius 1 is 0.473 bits per heavy atom. The molecule has 5 heteroatoms. The molecule has 2 aromatic heterocycles. The van der Waals surface area contributed by atoms with Crippen molar-refractivity contribution in [1.82, 2.24) is 15.0 Å². The average molecular weight is 723 g/mol. The fourth-order valence-corrected chi connectivity index (χ4v) is 10.4. The zero-order chi connectivity index (χ0) is 36.5. The number of thiophene rings is 1. The van der Waals surface area contributed by atoms with E-state index in [1.807, 2.05) is 6.07 Å². The van der Waals surface area contributed by atoms with Gasteiger partial charge in [0, 0.05) is 42.3 Å². The minimum Gasteiger partial charge on any atom is -0.208 e. The van der Waals surface area contributed by atoms with Gasteiger partial charge in [-0.3, -0.25) is 0 Å². The van der Waals surface area contributed by atoms with Gasteiger partial charge in [0.2, 0.25) is 0 Å². The van der Waals surface area contributed by atoms with Crippen LogP contribution in [0.1, 0.15) is 48.8 Å². The molecule has 2 aliphatic carbocycles. The number of hydrogen-bond acceptors (Lipinski definition) is 5. The van der Waals surface area contributed by atoms with Gasteiger partial charge < -0.3 is 0 Å². The van der Waals surface area contributed by atoms with Crippen molar-refractivity contribution >= 4 is 42.3 Å². The van der Waals surface area contributed by atoms with E-state index in [0.29, 0.717) is 17.5 Å². The van der Waals surface area contributed by atoms with Gasteiger partial charge in [-0.05, 0) is 93.4 Å². The third-order valence-electron chi connectivity index (χ3n) is 12.0. The van der Waals surface area contributed by atoms with Gasteiger partial charge in [0.05, 0.1) is 11.6 Å². The van der Waals surface area contributed by atoms with E-state index in [-0.39, 0.29) is 5.41 Å². The predicted molar refractivity (Wildman–Crippen MR) is 226 cm³/mol. The van der Waals surface area contributed by atoms with Gasteiger partial charge in [-0.2, -0.15) is 5.26 Å². The van der Waals surface area contributed by atoms with E-state index in [4.69, 9.17) is 15.0 Å². The van der Waals surface area contributed by atoms with Gasteiger partial charge in [-0.15, -0.1) is 11.3 Å². The molecule has 4 nitrogen and oxygen atoms in total. The van der Waals surface area contributed by atoms with Crippen LogP contribution in [0.4, 0.5) is 0 Å². The van der Waals surface area contributed by atoms with Gasteiger partial charge in [0.15, 0.2) is 17.5 Å². The van der Waals surface area contributed by atoms with E-state index in [9.17, 15) is 5.26 Å². The smallest absolute Gasteiger partial charge is 0.164 e. The van der Waals surface area contributed by atoms with Crippen molar-refractivity contribution in [3.8, 4) is 62.5 Å². The van der Waals surface area contributed by atoms with Gasteiger partial charge >= 0.3 is 0 Å². The number of rotatable bonds is 4. The Balaban J connectivity index is 1.00. The number of nitriles is 1. The standard InChI is InChI=1S/C50H34N4S/c51-30-31-12-23-43-42(26-31)39-21-19-36(28-44(39)50(43)24-6-1-7-25-50)33-13-16-34(17-14-33)47-52-48(37-18-15-32-8-2-3-9-35(32)27-37)54-49(53-47)38-20-22-41-40-10-4-5-11-45(40)55-46(41)29-38/h2-5,8-23,26-29H,1,6-7,24-25H2. The van der Waals surface area contributed by atoms with Crippen LogP contribution in [0.3, 0.4) is 0 Å². The van der Waals surface area contributed by atoms with Gasteiger partial charge in [0.25, 0.3) is 0 Å². The molecular weight excluding hydrogens is 689 g/mol. The monoisotopic (exact) mass is 722 g/mol. The maximum atomic E-state index is 9.70. The van der Waals surface area contributed by atoms with Crippen molar-refractivity contribution in [1.29, 1.82) is 5.26 Å². The van der Waals surface area contributed by atoms with E-state index in [2.05, 4.69) is 146 Å². The molecule has 11 rings (SSSR count). The topological polar surface area (TPSA) is 62.5 Å². The normalized spacial score (nSPS) is 14.3. The summed E-state index contributed by atoms with van der Waals surface area (Å²) in [7, 11) is 0. The summed E-state index contributed by atoms with van der Waals surface area (Å²) in [5.74, 6) is 1.96. The quantitative estimate of drug-likeness (QED) is 0.181. The van der Waals surface area contributed by atoms with Crippen LogP contribution in [-0.4, -0.2) is 15.0 Å². The summed E-state index contributed by atoms with van der Waals surface area (Å²) in [6.45, 7) is 0. The second-order valence-corrected chi connectivity index (χ2v) is 16.1. The summed E-state index contributed by atoms with van der Waals surface area (Å²) < 4.78 is 2.49. The molecule has 2 heterocycles. The van der Waals surface area contributed by atoms with Crippen molar-refractivity contribution in [2.75, 3.05) is 0 Å². The van der Waals surface area contributed by atoms with E-state index in [1.54, 1.807) is 11.3 Å². The maximum absolute atomic E-state index is 9.70. The number of nitrogens with zero attached hydrogens (tertiary/aromatic N) is 4. The minimum atomic E-state index is 0.0200. The third-order valence-corrected chi connectivity index (χ3v) is 13.1. The Labute approximate surface area is 323 Å². The van der Waals surface area contributed by atoms with Crippen LogP contribution in [-0.2, 0) is 5.41 Å². The lowest BCUT2D eigenvalue weighted by Crippen LogP contribution is -2.28. The van der Waals surface area contributed by atoms with Crippen molar-refractivity contribution in [3.63, 3.8) is 0 Å². The molecular formula is C50H34N4S. The van der Waals surface area contributed by atoms with E-state index >= 15 is 0 Å². The van der Waals surface area contributed by atoms with Crippen LogP contribution in [0.15, 0.2) is 146 Å². The molecule has 0 unspecified atom stereocenters. The molecule has 55 heavy (non-hydrogen) atoms. The first kappa shape index (κ1) is 32.0. The van der Waals surface area contributed by atoms with E-state index in [1.165, 1.54) is 72.6 Å². The van der Waals surface area contributed by atoms with Gasteiger partial charge in [-0.25, -0.2) is 15.0 Å². The van der Waals surface area contributed by atoms with Crippen molar-refractivity contribution < 1.29 is 0 Å². The number of aromatic nitrogens is 3. The third kappa shape index (κ3) is 5.21. The predicted octanol–water partition coefficient (Wildman–Crippen LogP) is 13.2. The molecule has 0 saturated heterocycles. The van der Waals surface area contributed by atoms with Gasteiger partial charge in [-0.1, -0.05) is 128 Å². The maximum Gasteiger partial charge on any atom is 0.164 e. The summed E-state index contributed by atoms with van der Waals surface area (Å²) >= 11 is 1.80. The van der Waals surface area contributed by atoms with Crippen LogP contribution in [0.5, 0.6) is 0 Å². The SMILES string of the molecule is N#Cc1ccc2c(c1)-c1ccc(-c3ccc(-c4nc(-c5ccc6ccccc6c5)nc(-c5ccc6c(c5)sc5ccccc56)n4)cc3)cc1C21CCCCC1. The molecule has 0 amide bonds. The molecule has 0 aliphatic heterocycles. The molecule has 0 radical (unpaired) electrons. The Morgan fingerprint density at radius 3 is 1.95 bits per heavy atom. The molecule has 0 N–H and O–H groups in total. The van der Waals surface area contributed by atoms with Crippen molar-refractivity contribution in [2.24, 2.45) is 0 Å². The largest absolute Gasteiger partial charge is 0.208 e. The zero-order valence-electron chi connectivity index (χ0n) is 30.1. The lowest BCUT2D eigenvalue weighted by atomic mass is 9.67. The summed E-state index contributed by atoms with van der Waals surface area (Å²) in [5.41, 5.74) is 11.3. The lowest BCUT2D eigenvalue weighted by molar-refractivity contribution is 0.353. The van der Waals surface area contributed by atoms with Gasteiger partial charge in [0.1, 0.15) is 0 Å². The first-order chi connectivity index (χ1) is 27.1. The Morgan fingerprint density at radius 2 is 1.13 bits per heavy atom. The fourth-order valence-electron chi connectivity index (χ4n) is 9.22. The molecule has 2 aliphatic rings. The highest BCUT2D eigenvalue weighted by Gasteiger charge is 2.43. The molecule has 7 aromatic carbocycles. The Kier molecular flexibility index (Phi) is 7.30. The Bertz CT molecular complexity index is 3040. The molecule has 260 valence electrons. The second kappa shape index (κ2) is 12.6. The van der Waals surface area contributed by atoms with Crippen LogP contribution in [0.25, 0.3) is 87.4 Å². The van der Waals surface area contributed by atoms with E-state index in [0.717, 1.165) is 46.0 Å². The highest BCUT2D eigenvalue weighted by atomic mass is 32.1. The van der Waals surface area contributed by atoms with Crippen LogP contribution in [0, 0.1) is 11.3 Å². The molecule has 0 atom stereocenters. The molecule has 0 bridgehead atoms. The number of hydrogen-bond donors (Lipinski definition) is 0. The first-order valence-corrected chi connectivity index (χ1v) is 19.9. The van der Waals surface area contributed by atoms with Crippen molar-refractivity contribution in [2.45, 2.75) is 37.5 Å². The average Bonchev–Trinajstić information content (AvgIpc) is 3.75. The lowest BCUT2D eigenvalue weighted by Gasteiger charge is -2.36. The fraction of sp³-hybridized carbons (Fsp3) is 0.120. The Hall–Kier alpha value is -6.48. The second-order valence-electron chi connectivity index (χ2n) is 15.0. The number of benzene rings is 7. The number of fused-ring (bicyclic) bond motifs is 9. The zero-order valence-corrected chi connectivity index (χ0v) is 30.9. The molecule has 1 fully saturated rings. The molecule has 1 spiro atoms. The summed E-state index contributed by atoms with van der Waals surface area (Å²) in [6.07, 6.45) is 6.04. The highest BCUT2D eigenvalue weighted by Crippen LogP contribution is 2.56. The molecule has 1 saturated carbocycles. The van der Waals surface area contributed by atoms with E-state index < -0.39 is 0 Å². The molecule has 9 aromatic rings. The van der Waals surface area contributed by atoms with Crippen LogP contribution >= 0.6 is 11.3 Å². The van der Waals surface area contributed by atoms with Crippen molar-refractivity contribution in [3.05, 3.63) is 162 Å². The van der Waals surface area contributed by atoms with Crippen LogP contribution in [0.2, 0.25) is 0 Å². The highest BCUT2D eigenvalue weighted by molar-refractivity contribution is 7.25. The summed E-state index contributed by atoms with van der Waals surface area (Å²) in [5, 5.41) is 14.6. The minimum absolute atomic E-state index is 0.0200. The summed E-state index contributed by atoms with van der Waals surface area (Å²) in [6, 6.07) is 54.3. The summed E-state index contributed by atoms with van der Waals surface area (Å²) in [4.78, 5) is 15.3. The van der Waals surface area contributed by atoms with Crippen LogP contribution < -0.4 is 0 Å². The first-order valence-electron chi connectivity index (χ1n) is 19.1.